The fourth-order valence-corrected chi connectivity index (χ4v) is 11.8. The molecule has 0 aromatic carbocycles. The summed E-state index contributed by atoms with van der Waals surface area (Å²) in [6.45, 7) is 23.8. The van der Waals surface area contributed by atoms with E-state index in [9.17, 15) is 4.79 Å². The van der Waals surface area contributed by atoms with Gasteiger partial charge in [0.15, 0.2) is 36.3 Å². The Kier molecular flexibility index (Phi) is 10.8. The highest BCUT2D eigenvalue weighted by molar-refractivity contribution is 6.74. The van der Waals surface area contributed by atoms with Gasteiger partial charge in [0.1, 0.15) is 6.10 Å². The quantitative estimate of drug-likeness (QED) is 0.195. The summed E-state index contributed by atoms with van der Waals surface area (Å²) in [6, 6.07) is 6.26. The van der Waals surface area contributed by atoms with Crippen LogP contribution in [0.1, 0.15) is 48.0 Å². The number of hydrogen-bond acceptors (Lipinski definition) is 4. The molecule has 0 N–H and O–H groups in total. The van der Waals surface area contributed by atoms with Crippen molar-refractivity contribution in [2.75, 3.05) is 0 Å². The number of ketones is 1. The van der Waals surface area contributed by atoms with E-state index >= 15 is 0 Å². The van der Waals surface area contributed by atoms with Gasteiger partial charge < -0.3 is 13.3 Å². The third kappa shape index (κ3) is 6.60. The van der Waals surface area contributed by atoms with Crippen LogP contribution in [0.2, 0.25) is 55.9 Å². The Bertz CT molecular complexity index is 604. The zero-order chi connectivity index (χ0) is 23.9. The average Bonchev–Trinajstić information content (AvgIpc) is 2.74. The molecule has 31 heavy (non-hydrogen) atoms. The van der Waals surface area contributed by atoms with Crippen LogP contribution in [0, 0.1) is 0 Å². The molecule has 0 amide bonds. The van der Waals surface area contributed by atoms with Crippen LogP contribution in [-0.2, 0) is 18.1 Å². The van der Waals surface area contributed by atoms with Crippen molar-refractivity contribution >= 4 is 30.7 Å². The molecule has 0 spiro atoms. The molecule has 0 saturated carbocycles. The van der Waals surface area contributed by atoms with Gasteiger partial charge in [0.25, 0.3) is 0 Å². The maximum atomic E-state index is 13.5. The second-order valence-corrected chi connectivity index (χ2v) is 23.8. The Balaban J connectivity index is 3.66. The third-order valence-corrected chi connectivity index (χ3v) is 17.4. The first-order valence-electron chi connectivity index (χ1n) is 12.4. The molecule has 0 bridgehead atoms. The van der Waals surface area contributed by atoms with Crippen molar-refractivity contribution in [1.29, 1.82) is 0 Å². The van der Waals surface area contributed by atoms with E-state index in [1.807, 2.05) is 12.2 Å². The van der Waals surface area contributed by atoms with Gasteiger partial charge in [-0.3, -0.25) is 4.79 Å². The van der Waals surface area contributed by atoms with Crippen LogP contribution < -0.4 is 0 Å². The van der Waals surface area contributed by atoms with Crippen LogP contribution in [0.15, 0.2) is 24.8 Å². The van der Waals surface area contributed by atoms with E-state index in [0.717, 1.165) is 36.3 Å². The Hall–Kier alpha value is -0.319. The Morgan fingerprint density at radius 2 is 1.35 bits per heavy atom. The molecular weight excluding hydrogens is 437 g/mol. The van der Waals surface area contributed by atoms with Crippen molar-refractivity contribution in [2.45, 2.75) is 122 Å². The minimum Gasteiger partial charge on any atom is -0.408 e. The van der Waals surface area contributed by atoms with Gasteiger partial charge in [0.05, 0.1) is 6.10 Å². The molecule has 0 aromatic heterocycles. The van der Waals surface area contributed by atoms with Crippen molar-refractivity contribution in [3.8, 4) is 0 Å². The van der Waals surface area contributed by atoms with E-state index in [-0.39, 0.29) is 11.9 Å². The van der Waals surface area contributed by atoms with E-state index in [4.69, 9.17) is 13.3 Å². The van der Waals surface area contributed by atoms with Gasteiger partial charge in [-0.1, -0.05) is 53.7 Å². The Labute approximate surface area is 195 Å². The lowest BCUT2D eigenvalue weighted by Crippen LogP contribution is -2.66. The summed E-state index contributed by atoms with van der Waals surface area (Å²) < 4.78 is 20.9. The molecule has 0 radical (unpaired) electrons. The first-order chi connectivity index (χ1) is 14.5. The molecule has 3 atom stereocenters. The second-order valence-electron chi connectivity index (χ2n) is 9.93. The predicted octanol–water partition coefficient (Wildman–Crippen LogP) is 7.07. The van der Waals surface area contributed by atoms with Gasteiger partial charge in [-0.25, -0.2) is 0 Å². The Morgan fingerprint density at radius 1 is 0.903 bits per heavy atom. The lowest BCUT2D eigenvalue weighted by Gasteiger charge is -2.51. The van der Waals surface area contributed by atoms with E-state index in [1.165, 1.54) is 0 Å². The molecule has 0 aromatic rings. The Morgan fingerprint density at radius 3 is 1.74 bits per heavy atom. The topological polar surface area (TPSA) is 44.8 Å². The molecule has 7 heteroatoms. The predicted molar refractivity (Wildman–Crippen MR) is 140 cm³/mol. The summed E-state index contributed by atoms with van der Waals surface area (Å²) >= 11 is 0. The minimum absolute atomic E-state index is 0.00245. The highest BCUT2D eigenvalue weighted by Gasteiger charge is 2.56. The van der Waals surface area contributed by atoms with Crippen molar-refractivity contribution in [2.24, 2.45) is 0 Å². The van der Waals surface area contributed by atoms with Crippen LogP contribution >= 0.6 is 0 Å². The largest absolute Gasteiger partial charge is 0.408 e. The van der Waals surface area contributed by atoms with E-state index in [0.29, 0.717) is 6.42 Å². The van der Waals surface area contributed by atoms with Gasteiger partial charge in [-0.2, -0.15) is 0 Å². The zero-order valence-electron chi connectivity index (χ0n) is 21.7. The number of rotatable bonds is 14. The summed E-state index contributed by atoms with van der Waals surface area (Å²) in [6.07, 6.45) is 5.26. The van der Waals surface area contributed by atoms with Crippen molar-refractivity contribution < 1.29 is 18.1 Å². The van der Waals surface area contributed by atoms with Gasteiger partial charge in [-0.05, 0) is 62.0 Å². The summed E-state index contributed by atoms with van der Waals surface area (Å²) in [5.74, 6) is 0.00245. The van der Waals surface area contributed by atoms with Gasteiger partial charge in [0.2, 0.25) is 0 Å². The van der Waals surface area contributed by atoms with Crippen LogP contribution in [0.4, 0.5) is 0 Å². The van der Waals surface area contributed by atoms with Crippen LogP contribution in [0.3, 0.4) is 0 Å². The lowest BCUT2D eigenvalue weighted by atomic mass is 9.81. The molecule has 1 aliphatic rings. The smallest absolute Gasteiger partial charge is 0.193 e. The molecule has 180 valence electrons. The van der Waals surface area contributed by atoms with Gasteiger partial charge >= 0.3 is 0 Å². The SMILES string of the molecule is C=CC[C@@]1(O[Si](C)(C)C)C(=O)C=C[C@H](O[Si](CC)(CC)CC)[C@@H]1O[Si](CC)(CC)CC. The number of carbonyl (C=O) groups excluding carboxylic acids is 1. The fraction of sp³-hybridized carbons (Fsp3) is 0.792. The van der Waals surface area contributed by atoms with Crippen molar-refractivity contribution in [3.63, 3.8) is 0 Å². The maximum Gasteiger partial charge on any atom is 0.193 e. The molecule has 0 unspecified atom stereocenters. The first kappa shape index (κ1) is 28.7. The average molecular weight is 485 g/mol. The van der Waals surface area contributed by atoms with Crippen LogP contribution in [0.25, 0.3) is 0 Å². The molecule has 0 saturated heterocycles. The molecular formula is C24H48O4Si3. The van der Waals surface area contributed by atoms with Crippen LogP contribution in [0.5, 0.6) is 0 Å². The van der Waals surface area contributed by atoms with Crippen molar-refractivity contribution in [3.05, 3.63) is 24.8 Å². The minimum atomic E-state index is -2.07. The number of hydrogen-bond donors (Lipinski definition) is 0. The summed E-state index contributed by atoms with van der Waals surface area (Å²) in [7, 11) is -6.01. The number of carbonyl (C=O) groups is 1. The maximum absolute atomic E-state index is 13.5. The molecule has 1 aliphatic carbocycles. The molecule has 1 rings (SSSR count). The molecule has 4 nitrogen and oxygen atoms in total. The van der Waals surface area contributed by atoms with E-state index in [1.54, 1.807) is 6.08 Å². The molecule has 0 fully saturated rings. The highest BCUT2D eigenvalue weighted by Crippen LogP contribution is 2.41. The molecule has 0 heterocycles. The molecule has 0 aliphatic heterocycles. The standard InChI is InChI=1S/C24H48O4Si3/c1-11-20-24(28-29(8,9)10)22(25)19-18-21(26-30(12-2,13-3)14-4)23(24)27-31(15-5,16-6)17-7/h11,18-19,21,23H,1,12-17,20H2,2-10H3/t21-,23-,24+/m0/s1. The third-order valence-electron chi connectivity index (χ3n) is 7.18. The van der Waals surface area contributed by atoms with E-state index < -0.39 is 36.7 Å². The first-order valence-corrected chi connectivity index (χ1v) is 20.8. The van der Waals surface area contributed by atoms with Gasteiger partial charge in [0, 0.05) is 6.42 Å². The second kappa shape index (κ2) is 11.7. The summed E-state index contributed by atoms with van der Waals surface area (Å²) in [5.41, 5.74) is -1.04. The summed E-state index contributed by atoms with van der Waals surface area (Å²) in [4.78, 5) is 13.5. The monoisotopic (exact) mass is 484 g/mol. The van der Waals surface area contributed by atoms with E-state index in [2.05, 4.69) is 67.8 Å². The normalized spacial score (nSPS) is 25.1. The van der Waals surface area contributed by atoms with Crippen molar-refractivity contribution in [1.82, 2.24) is 0 Å². The lowest BCUT2D eigenvalue weighted by molar-refractivity contribution is -0.148. The zero-order valence-corrected chi connectivity index (χ0v) is 24.7. The fourth-order valence-electron chi connectivity index (χ4n) is 4.78. The van der Waals surface area contributed by atoms with Gasteiger partial charge in [-0.15, -0.1) is 6.58 Å². The summed E-state index contributed by atoms with van der Waals surface area (Å²) in [5, 5.41) is 0. The highest BCUT2D eigenvalue weighted by atomic mass is 28.4. The van der Waals surface area contributed by atoms with Crippen LogP contribution in [-0.4, -0.2) is 48.5 Å².